The highest BCUT2D eigenvalue weighted by Gasteiger charge is 2.49. The number of carbonyl (C=O) groups is 2. The molecule has 1 heterocycles. The van der Waals surface area contributed by atoms with E-state index in [1.165, 1.54) is 7.11 Å². The van der Waals surface area contributed by atoms with Crippen LogP contribution in [0.4, 0.5) is 0 Å². The molecule has 42 heavy (non-hydrogen) atoms. The van der Waals surface area contributed by atoms with Gasteiger partial charge in [0.1, 0.15) is 11.5 Å². The molecular formula is C35H34N2O5. The van der Waals surface area contributed by atoms with E-state index in [1.807, 2.05) is 73.7 Å². The minimum atomic E-state index is -1.55. The van der Waals surface area contributed by atoms with Crippen LogP contribution in [0.5, 0.6) is 11.5 Å². The average Bonchev–Trinajstić information content (AvgIpc) is 3.40. The van der Waals surface area contributed by atoms with Gasteiger partial charge in [-0.05, 0) is 59.2 Å². The van der Waals surface area contributed by atoms with Gasteiger partial charge in [-0.2, -0.15) is 0 Å². The number of amides is 1. The Morgan fingerprint density at radius 3 is 2.05 bits per heavy atom. The zero-order valence-corrected chi connectivity index (χ0v) is 24.2. The fourth-order valence-electron chi connectivity index (χ4n) is 5.55. The summed E-state index contributed by atoms with van der Waals surface area (Å²) in [4.78, 5) is 27.8. The summed E-state index contributed by atoms with van der Waals surface area (Å²) < 4.78 is 18.4. The second kappa shape index (κ2) is 12.2. The van der Waals surface area contributed by atoms with Gasteiger partial charge in [0.05, 0.1) is 21.3 Å². The SMILES string of the molecule is COC(=O)[C@@](NC(=O)c1ccc(OC)cc1)(c1ccccc1)[C@@H](C)c1cn(Cc2ccccc2)c2ccc(OC)cc12. The summed E-state index contributed by atoms with van der Waals surface area (Å²) >= 11 is 0. The lowest BCUT2D eigenvalue weighted by Crippen LogP contribution is -2.55. The van der Waals surface area contributed by atoms with E-state index < -0.39 is 23.3 Å². The zero-order valence-electron chi connectivity index (χ0n) is 24.2. The molecule has 0 fully saturated rings. The molecule has 5 aromatic rings. The molecule has 7 heteroatoms. The van der Waals surface area contributed by atoms with Gasteiger partial charge in [-0.25, -0.2) is 4.79 Å². The predicted octanol–water partition coefficient (Wildman–Crippen LogP) is 6.31. The molecule has 5 rings (SSSR count). The summed E-state index contributed by atoms with van der Waals surface area (Å²) in [6, 6.07) is 32.1. The van der Waals surface area contributed by atoms with Crippen LogP contribution >= 0.6 is 0 Å². The van der Waals surface area contributed by atoms with Crippen LogP contribution in [-0.4, -0.2) is 37.8 Å². The second-order valence-corrected chi connectivity index (χ2v) is 10.2. The average molecular weight is 563 g/mol. The number of hydrogen-bond acceptors (Lipinski definition) is 5. The first kappa shape index (κ1) is 28.5. The molecule has 214 valence electrons. The molecule has 0 saturated heterocycles. The number of rotatable bonds is 10. The van der Waals surface area contributed by atoms with Gasteiger partial charge < -0.3 is 24.1 Å². The van der Waals surface area contributed by atoms with Gasteiger partial charge in [0.25, 0.3) is 5.91 Å². The van der Waals surface area contributed by atoms with Gasteiger partial charge in [-0.1, -0.05) is 67.6 Å². The standard InChI is InChI=1S/C35H34N2O5/c1-24(31-23-37(22-25-11-7-5-8-12-25)32-20-19-29(41-3)21-30(31)32)35(34(39)42-4,27-13-9-6-10-14-27)36-33(38)26-15-17-28(40-2)18-16-26/h5-21,23-24H,22H2,1-4H3,(H,36,38)/t24-,35-/m0/s1. The molecule has 0 unspecified atom stereocenters. The van der Waals surface area contributed by atoms with Gasteiger partial charge >= 0.3 is 5.97 Å². The maximum atomic E-state index is 14.0. The Hall–Kier alpha value is -5.04. The second-order valence-electron chi connectivity index (χ2n) is 10.2. The third kappa shape index (κ3) is 5.33. The minimum absolute atomic E-state index is 0.389. The van der Waals surface area contributed by atoms with Crippen molar-refractivity contribution in [2.75, 3.05) is 21.3 Å². The summed E-state index contributed by atoms with van der Waals surface area (Å²) in [5.41, 5.74) is 2.43. The molecule has 0 radical (unpaired) electrons. The number of nitrogens with one attached hydrogen (secondary N) is 1. The van der Waals surface area contributed by atoms with Crippen LogP contribution in [0, 0.1) is 0 Å². The number of aromatic nitrogens is 1. The van der Waals surface area contributed by atoms with Crippen molar-refractivity contribution in [3.63, 3.8) is 0 Å². The van der Waals surface area contributed by atoms with Crippen molar-refractivity contribution in [1.29, 1.82) is 0 Å². The van der Waals surface area contributed by atoms with Gasteiger partial charge in [-0.3, -0.25) is 4.79 Å². The van der Waals surface area contributed by atoms with Gasteiger partial charge in [0, 0.05) is 35.1 Å². The Kier molecular flexibility index (Phi) is 8.29. The third-order valence-electron chi connectivity index (χ3n) is 7.83. The van der Waals surface area contributed by atoms with Crippen molar-refractivity contribution in [3.05, 3.63) is 132 Å². The molecule has 0 spiro atoms. The first-order valence-electron chi connectivity index (χ1n) is 13.7. The number of hydrogen-bond donors (Lipinski definition) is 1. The van der Waals surface area contributed by atoms with E-state index in [0.29, 0.717) is 29.2 Å². The quantitative estimate of drug-likeness (QED) is 0.202. The predicted molar refractivity (Wildman–Crippen MR) is 163 cm³/mol. The molecule has 4 aromatic carbocycles. The van der Waals surface area contributed by atoms with E-state index in [2.05, 4.69) is 28.2 Å². The van der Waals surface area contributed by atoms with Crippen LogP contribution in [0.15, 0.2) is 109 Å². The molecule has 0 aliphatic carbocycles. The van der Waals surface area contributed by atoms with E-state index in [-0.39, 0.29) is 0 Å². The summed E-state index contributed by atoms with van der Waals surface area (Å²) in [5.74, 6) is -0.220. The molecule has 0 aliphatic heterocycles. The molecule has 2 atom stereocenters. The lowest BCUT2D eigenvalue weighted by Gasteiger charge is -2.38. The largest absolute Gasteiger partial charge is 0.497 e. The summed E-state index contributed by atoms with van der Waals surface area (Å²) in [6.45, 7) is 2.57. The molecule has 7 nitrogen and oxygen atoms in total. The van der Waals surface area contributed by atoms with Crippen molar-refractivity contribution < 1.29 is 23.8 Å². The number of carbonyl (C=O) groups excluding carboxylic acids is 2. The first-order chi connectivity index (χ1) is 20.4. The van der Waals surface area contributed by atoms with Crippen molar-refractivity contribution >= 4 is 22.8 Å². The van der Waals surface area contributed by atoms with Crippen LogP contribution in [-0.2, 0) is 21.6 Å². The highest BCUT2D eigenvalue weighted by Crippen LogP contribution is 2.42. The van der Waals surface area contributed by atoms with Gasteiger partial charge in [0.15, 0.2) is 5.54 Å². The number of methoxy groups -OCH3 is 3. The molecule has 0 aliphatic rings. The molecule has 0 bridgehead atoms. The lowest BCUT2D eigenvalue weighted by molar-refractivity contribution is -0.149. The monoisotopic (exact) mass is 562 g/mol. The van der Waals surface area contributed by atoms with Crippen molar-refractivity contribution in [2.45, 2.75) is 24.9 Å². The van der Waals surface area contributed by atoms with Crippen molar-refractivity contribution in [2.24, 2.45) is 0 Å². The number of esters is 1. The van der Waals surface area contributed by atoms with Crippen LogP contribution in [0.3, 0.4) is 0 Å². The Bertz CT molecular complexity index is 1680. The fourth-order valence-corrected chi connectivity index (χ4v) is 5.55. The van der Waals surface area contributed by atoms with Crippen LogP contribution in [0.1, 0.15) is 39.9 Å². The Labute approximate surface area is 245 Å². The highest BCUT2D eigenvalue weighted by molar-refractivity contribution is 5.99. The smallest absolute Gasteiger partial charge is 0.336 e. The summed E-state index contributed by atoms with van der Waals surface area (Å²) in [5, 5.41) is 4.02. The van der Waals surface area contributed by atoms with E-state index in [4.69, 9.17) is 14.2 Å². The first-order valence-corrected chi connectivity index (χ1v) is 13.7. The number of benzene rings is 4. The lowest BCUT2D eigenvalue weighted by atomic mass is 9.75. The third-order valence-corrected chi connectivity index (χ3v) is 7.83. The molecular weight excluding hydrogens is 528 g/mol. The summed E-state index contributed by atoms with van der Waals surface area (Å²) in [6.07, 6.45) is 2.06. The number of fused-ring (bicyclic) bond motifs is 1. The fraction of sp³-hybridized carbons (Fsp3) is 0.200. The molecule has 1 N–H and O–H groups in total. The van der Waals surface area contributed by atoms with Crippen molar-refractivity contribution in [3.8, 4) is 11.5 Å². The topological polar surface area (TPSA) is 78.8 Å². The Morgan fingerprint density at radius 1 is 0.810 bits per heavy atom. The Balaban J connectivity index is 1.69. The van der Waals surface area contributed by atoms with E-state index in [1.54, 1.807) is 38.5 Å². The highest BCUT2D eigenvalue weighted by atomic mass is 16.5. The van der Waals surface area contributed by atoms with E-state index >= 15 is 0 Å². The zero-order chi connectivity index (χ0) is 29.7. The minimum Gasteiger partial charge on any atom is -0.497 e. The van der Waals surface area contributed by atoms with Gasteiger partial charge in [-0.15, -0.1) is 0 Å². The maximum absolute atomic E-state index is 14.0. The van der Waals surface area contributed by atoms with Crippen LogP contribution in [0.2, 0.25) is 0 Å². The number of nitrogens with zero attached hydrogens (tertiary/aromatic N) is 1. The normalized spacial score (nSPS) is 13.1. The van der Waals surface area contributed by atoms with Crippen LogP contribution < -0.4 is 14.8 Å². The Morgan fingerprint density at radius 2 is 1.43 bits per heavy atom. The maximum Gasteiger partial charge on any atom is 0.336 e. The van der Waals surface area contributed by atoms with Crippen molar-refractivity contribution in [1.82, 2.24) is 9.88 Å². The van der Waals surface area contributed by atoms with E-state index in [0.717, 1.165) is 22.0 Å². The molecule has 0 saturated carbocycles. The molecule has 1 amide bonds. The van der Waals surface area contributed by atoms with Crippen LogP contribution in [0.25, 0.3) is 10.9 Å². The number of ether oxygens (including phenoxy) is 3. The van der Waals surface area contributed by atoms with E-state index in [9.17, 15) is 9.59 Å². The summed E-state index contributed by atoms with van der Waals surface area (Å²) in [7, 11) is 4.54. The van der Waals surface area contributed by atoms with Gasteiger partial charge in [0.2, 0.25) is 0 Å². The molecule has 1 aromatic heterocycles.